The zero-order chi connectivity index (χ0) is 31.6. The van der Waals surface area contributed by atoms with E-state index in [-0.39, 0.29) is 0 Å². The van der Waals surface area contributed by atoms with Crippen LogP contribution in [0.4, 0.5) is 0 Å². The number of para-hydroxylation sites is 3. The Balaban J connectivity index is 1.32. The minimum absolute atomic E-state index is 0.566. The van der Waals surface area contributed by atoms with Gasteiger partial charge in [-0.05, 0) is 36.4 Å². The lowest BCUT2D eigenvalue weighted by Gasteiger charge is -2.12. The summed E-state index contributed by atoms with van der Waals surface area (Å²) in [6.07, 6.45) is 1.85. The maximum absolute atomic E-state index is 5.28. The van der Waals surface area contributed by atoms with Gasteiger partial charge in [0.15, 0.2) is 11.5 Å². The van der Waals surface area contributed by atoms with Gasteiger partial charge in [0.2, 0.25) is 5.95 Å². The van der Waals surface area contributed by atoms with E-state index in [2.05, 4.69) is 112 Å². The second-order valence-corrected chi connectivity index (χ2v) is 11.9. The molecule has 6 nitrogen and oxygen atoms in total. The van der Waals surface area contributed by atoms with Crippen molar-refractivity contribution in [3.63, 3.8) is 0 Å². The van der Waals surface area contributed by atoms with Crippen LogP contribution in [0.3, 0.4) is 0 Å². The molecule has 0 amide bonds. The lowest BCUT2D eigenvalue weighted by Crippen LogP contribution is -2.05. The maximum atomic E-state index is 5.28. The van der Waals surface area contributed by atoms with Crippen LogP contribution in [-0.4, -0.2) is 29.1 Å². The molecule has 0 aliphatic heterocycles. The summed E-state index contributed by atoms with van der Waals surface area (Å²) in [5, 5.41) is 5.53. The van der Waals surface area contributed by atoms with E-state index >= 15 is 0 Å². The van der Waals surface area contributed by atoms with Gasteiger partial charge in [-0.1, -0.05) is 115 Å². The Kier molecular flexibility index (Phi) is 5.77. The Morgan fingerprint density at radius 2 is 0.938 bits per heavy atom. The summed E-state index contributed by atoms with van der Waals surface area (Å²) in [6.45, 7) is 0. The lowest BCUT2D eigenvalue weighted by molar-refractivity contribution is 1.00. The molecule has 0 unspecified atom stereocenters. The highest BCUT2D eigenvalue weighted by molar-refractivity contribution is 6.28. The minimum atomic E-state index is 0.566. The number of aromatic nitrogens is 6. The second-order valence-electron chi connectivity index (χ2n) is 11.9. The lowest BCUT2D eigenvalue weighted by atomic mass is 10.1. The van der Waals surface area contributed by atoms with Crippen molar-refractivity contribution in [2.24, 2.45) is 0 Å². The van der Waals surface area contributed by atoms with Crippen molar-refractivity contribution in [2.45, 2.75) is 0 Å². The normalized spacial score (nSPS) is 11.8. The van der Waals surface area contributed by atoms with E-state index < -0.39 is 0 Å². The van der Waals surface area contributed by atoms with Gasteiger partial charge in [-0.2, -0.15) is 4.98 Å². The van der Waals surface area contributed by atoms with Gasteiger partial charge in [0, 0.05) is 44.6 Å². The van der Waals surface area contributed by atoms with Crippen molar-refractivity contribution in [2.75, 3.05) is 0 Å². The van der Waals surface area contributed by atoms with Crippen LogP contribution in [0, 0.1) is 0 Å². The first-order chi connectivity index (χ1) is 23.8. The Morgan fingerprint density at radius 3 is 1.60 bits per heavy atom. The molecule has 0 bridgehead atoms. The van der Waals surface area contributed by atoms with Crippen LogP contribution in [0.1, 0.15) is 0 Å². The van der Waals surface area contributed by atoms with E-state index in [9.17, 15) is 0 Å². The fourth-order valence-electron chi connectivity index (χ4n) is 7.14. The standard InChI is InChI=1S/C42H26N6/c1-4-14-27(15-5-1)39-32-26-43-40(28-16-6-2-7-17-28)45-41(32)46-42(44-39)48-34-23-13-11-21-31(34)38-36(48)25-24-35-37(38)30-20-10-12-22-33(30)47(35)29-18-8-3-9-19-29/h1-26H. The molecular weight excluding hydrogens is 589 g/mol. The Labute approximate surface area is 275 Å². The van der Waals surface area contributed by atoms with Crippen molar-refractivity contribution >= 4 is 54.6 Å². The Hall–Kier alpha value is -6.66. The molecule has 6 aromatic carbocycles. The number of hydrogen-bond acceptors (Lipinski definition) is 4. The van der Waals surface area contributed by atoms with Crippen LogP contribution < -0.4 is 0 Å². The molecule has 6 heteroatoms. The van der Waals surface area contributed by atoms with Crippen LogP contribution in [0.15, 0.2) is 158 Å². The number of rotatable bonds is 4. The van der Waals surface area contributed by atoms with Gasteiger partial charge >= 0.3 is 0 Å². The van der Waals surface area contributed by atoms with Crippen molar-refractivity contribution in [1.82, 2.24) is 29.1 Å². The Morgan fingerprint density at radius 1 is 0.396 bits per heavy atom. The first kappa shape index (κ1) is 26.5. The molecule has 0 aliphatic rings. The predicted molar refractivity (Wildman–Crippen MR) is 195 cm³/mol. The van der Waals surface area contributed by atoms with E-state index in [0.717, 1.165) is 49.8 Å². The molecule has 0 spiro atoms. The fraction of sp³-hybridized carbons (Fsp3) is 0. The van der Waals surface area contributed by atoms with E-state index in [4.69, 9.17) is 19.9 Å². The highest BCUT2D eigenvalue weighted by Crippen LogP contribution is 2.42. The molecule has 10 aromatic rings. The van der Waals surface area contributed by atoms with Gasteiger partial charge in [0.05, 0.1) is 33.1 Å². The molecule has 10 rings (SSSR count). The smallest absolute Gasteiger partial charge is 0.237 e. The van der Waals surface area contributed by atoms with Gasteiger partial charge in [-0.15, -0.1) is 0 Å². The van der Waals surface area contributed by atoms with E-state index in [1.807, 2.05) is 54.7 Å². The third-order valence-electron chi connectivity index (χ3n) is 9.21. The summed E-state index contributed by atoms with van der Waals surface area (Å²) in [7, 11) is 0. The summed E-state index contributed by atoms with van der Waals surface area (Å²) in [5.41, 5.74) is 8.84. The highest BCUT2D eigenvalue weighted by Gasteiger charge is 2.22. The van der Waals surface area contributed by atoms with Crippen LogP contribution in [0.2, 0.25) is 0 Å². The molecule has 0 saturated heterocycles. The molecule has 0 radical (unpaired) electrons. The summed E-state index contributed by atoms with van der Waals surface area (Å²) in [4.78, 5) is 20.2. The molecule has 0 fully saturated rings. The van der Waals surface area contributed by atoms with E-state index in [1.54, 1.807) is 0 Å². The molecule has 4 heterocycles. The van der Waals surface area contributed by atoms with Gasteiger partial charge in [0.25, 0.3) is 0 Å². The first-order valence-corrected chi connectivity index (χ1v) is 16.0. The zero-order valence-corrected chi connectivity index (χ0v) is 25.7. The average Bonchev–Trinajstić information content (AvgIpc) is 3.68. The summed E-state index contributed by atoms with van der Waals surface area (Å²) in [6, 6.07) is 52.5. The topological polar surface area (TPSA) is 61.4 Å². The van der Waals surface area contributed by atoms with E-state index in [0.29, 0.717) is 17.4 Å². The second kappa shape index (κ2) is 10.4. The molecule has 0 saturated carbocycles. The van der Waals surface area contributed by atoms with Crippen molar-refractivity contribution in [3.05, 3.63) is 158 Å². The van der Waals surface area contributed by atoms with Gasteiger partial charge in [-0.3, -0.25) is 4.57 Å². The number of nitrogens with zero attached hydrogens (tertiary/aromatic N) is 6. The van der Waals surface area contributed by atoms with Crippen LogP contribution in [0.5, 0.6) is 0 Å². The predicted octanol–water partition coefficient (Wildman–Crippen LogP) is 9.95. The van der Waals surface area contributed by atoms with Crippen molar-refractivity contribution in [1.29, 1.82) is 0 Å². The summed E-state index contributed by atoms with van der Waals surface area (Å²) < 4.78 is 4.55. The largest absolute Gasteiger partial charge is 0.309 e. The minimum Gasteiger partial charge on any atom is -0.309 e. The Bertz CT molecular complexity index is 2820. The fourth-order valence-corrected chi connectivity index (χ4v) is 7.14. The van der Waals surface area contributed by atoms with Gasteiger partial charge in [0.1, 0.15) is 0 Å². The molecule has 4 aromatic heterocycles. The van der Waals surface area contributed by atoms with Gasteiger partial charge < -0.3 is 4.57 Å². The number of fused-ring (bicyclic) bond motifs is 8. The van der Waals surface area contributed by atoms with Crippen molar-refractivity contribution < 1.29 is 0 Å². The average molecular weight is 615 g/mol. The monoisotopic (exact) mass is 614 g/mol. The third-order valence-corrected chi connectivity index (χ3v) is 9.21. The maximum Gasteiger partial charge on any atom is 0.237 e. The number of benzene rings is 6. The first-order valence-electron chi connectivity index (χ1n) is 16.0. The zero-order valence-electron chi connectivity index (χ0n) is 25.7. The molecule has 0 atom stereocenters. The SMILES string of the molecule is c1ccc(-c2ncc3c(-c4ccccc4)nc(-n4c5ccccc5c5c6c7ccccc7n(-c7ccccc7)c6ccc54)nc3n2)cc1. The third kappa shape index (κ3) is 3.93. The molecule has 0 aliphatic carbocycles. The molecule has 48 heavy (non-hydrogen) atoms. The molecule has 224 valence electrons. The quantitative estimate of drug-likeness (QED) is 0.198. The highest BCUT2D eigenvalue weighted by atomic mass is 15.2. The summed E-state index contributed by atoms with van der Waals surface area (Å²) >= 11 is 0. The summed E-state index contributed by atoms with van der Waals surface area (Å²) in [5.74, 6) is 1.20. The van der Waals surface area contributed by atoms with Crippen LogP contribution in [0.25, 0.3) is 88.9 Å². The van der Waals surface area contributed by atoms with Crippen molar-refractivity contribution in [3.8, 4) is 34.3 Å². The van der Waals surface area contributed by atoms with E-state index in [1.165, 1.54) is 21.7 Å². The number of hydrogen-bond donors (Lipinski definition) is 0. The molecular formula is C42H26N6. The van der Waals surface area contributed by atoms with Crippen LogP contribution in [-0.2, 0) is 0 Å². The van der Waals surface area contributed by atoms with Crippen LogP contribution >= 0.6 is 0 Å². The molecule has 0 N–H and O–H groups in total. The van der Waals surface area contributed by atoms with Gasteiger partial charge in [-0.25, -0.2) is 15.0 Å².